The van der Waals surface area contributed by atoms with E-state index >= 15 is 0 Å². The zero-order chi connectivity index (χ0) is 11.2. The number of hydrogen-bond donors (Lipinski definition) is 1. The molecule has 1 N–H and O–H groups in total. The maximum absolute atomic E-state index is 5.52. The van der Waals surface area contributed by atoms with Crippen LogP contribution in [-0.2, 0) is 4.74 Å². The Morgan fingerprint density at radius 3 is 3.38 bits per heavy atom. The van der Waals surface area contributed by atoms with E-state index in [1.165, 1.54) is 11.5 Å². The van der Waals surface area contributed by atoms with Gasteiger partial charge in [-0.15, -0.1) is 0 Å². The topological polar surface area (TPSA) is 50.3 Å². The molecule has 0 aromatic carbocycles. The number of ether oxygens (including phenoxy) is 1. The number of nitrogens with one attached hydrogen (secondary N) is 1. The van der Waals surface area contributed by atoms with Crippen molar-refractivity contribution < 1.29 is 4.74 Å². The van der Waals surface area contributed by atoms with E-state index in [9.17, 15) is 0 Å². The summed E-state index contributed by atoms with van der Waals surface area (Å²) >= 11 is 1.45. The van der Waals surface area contributed by atoms with Crippen LogP contribution < -0.4 is 10.2 Å². The molecule has 0 radical (unpaired) electrons. The maximum atomic E-state index is 5.52. The van der Waals surface area contributed by atoms with E-state index in [2.05, 4.69) is 26.5 Å². The number of rotatable bonds is 5. The molecule has 1 saturated heterocycles. The minimum Gasteiger partial charge on any atom is -0.377 e. The van der Waals surface area contributed by atoms with Crippen molar-refractivity contribution in [2.45, 2.75) is 19.4 Å². The van der Waals surface area contributed by atoms with Gasteiger partial charge in [0.1, 0.15) is 6.33 Å². The van der Waals surface area contributed by atoms with Crippen molar-refractivity contribution in [2.75, 3.05) is 37.7 Å². The van der Waals surface area contributed by atoms with E-state index in [0.29, 0.717) is 6.04 Å². The third-order valence-electron chi connectivity index (χ3n) is 2.63. The Labute approximate surface area is 100.0 Å². The van der Waals surface area contributed by atoms with Crippen LogP contribution in [0.2, 0.25) is 0 Å². The molecule has 0 amide bonds. The van der Waals surface area contributed by atoms with Crippen molar-refractivity contribution >= 4 is 16.7 Å². The summed E-state index contributed by atoms with van der Waals surface area (Å²) in [6, 6.07) is 0.383. The molecule has 5 nitrogen and oxygen atoms in total. The number of aromatic nitrogens is 2. The molecule has 2 heterocycles. The zero-order valence-corrected chi connectivity index (χ0v) is 10.4. The second-order valence-corrected chi connectivity index (χ2v) is 4.61. The summed E-state index contributed by atoms with van der Waals surface area (Å²) in [4.78, 5) is 6.56. The van der Waals surface area contributed by atoms with Gasteiger partial charge in [-0.25, -0.2) is 4.98 Å². The van der Waals surface area contributed by atoms with Crippen molar-refractivity contribution in [1.29, 1.82) is 0 Å². The van der Waals surface area contributed by atoms with Crippen LogP contribution in [0.4, 0.5) is 5.13 Å². The SMILES string of the molecule is CCCNCC1COCCN1c1ncns1. The summed E-state index contributed by atoms with van der Waals surface area (Å²) in [5.74, 6) is 0. The van der Waals surface area contributed by atoms with Crippen molar-refractivity contribution in [1.82, 2.24) is 14.7 Å². The molecule has 1 aromatic heterocycles. The van der Waals surface area contributed by atoms with Gasteiger partial charge in [0.15, 0.2) is 0 Å². The van der Waals surface area contributed by atoms with Crippen molar-refractivity contribution in [2.24, 2.45) is 0 Å². The molecule has 6 heteroatoms. The lowest BCUT2D eigenvalue weighted by atomic mass is 10.2. The lowest BCUT2D eigenvalue weighted by molar-refractivity contribution is 0.0938. The smallest absolute Gasteiger partial charge is 0.205 e. The average molecular weight is 242 g/mol. The molecule has 0 saturated carbocycles. The van der Waals surface area contributed by atoms with E-state index in [1.807, 2.05) is 0 Å². The normalized spacial score (nSPS) is 21.3. The predicted molar refractivity (Wildman–Crippen MR) is 65.0 cm³/mol. The molecular weight excluding hydrogens is 224 g/mol. The van der Waals surface area contributed by atoms with E-state index in [-0.39, 0.29) is 0 Å². The van der Waals surface area contributed by atoms with Crippen LogP contribution in [0.1, 0.15) is 13.3 Å². The minimum absolute atomic E-state index is 0.383. The molecule has 90 valence electrons. The Hall–Kier alpha value is -0.720. The molecule has 1 unspecified atom stereocenters. The molecule has 1 fully saturated rings. The number of anilines is 1. The summed E-state index contributed by atoms with van der Waals surface area (Å²) in [6.45, 7) is 6.65. The zero-order valence-electron chi connectivity index (χ0n) is 9.56. The molecule has 0 aliphatic carbocycles. The number of hydrogen-bond acceptors (Lipinski definition) is 6. The highest BCUT2D eigenvalue weighted by atomic mass is 32.1. The van der Waals surface area contributed by atoms with Gasteiger partial charge in [-0.3, -0.25) is 0 Å². The average Bonchev–Trinajstić information content (AvgIpc) is 2.83. The molecule has 0 bridgehead atoms. The van der Waals surface area contributed by atoms with Gasteiger partial charge >= 0.3 is 0 Å². The van der Waals surface area contributed by atoms with Crippen LogP contribution in [0.5, 0.6) is 0 Å². The first-order valence-corrected chi connectivity index (χ1v) is 6.51. The van der Waals surface area contributed by atoms with Gasteiger partial charge in [0.25, 0.3) is 0 Å². The number of morpholine rings is 1. The second-order valence-electron chi connectivity index (χ2n) is 3.85. The van der Waals surface area contributed by atoms with Gasteiger partial charge in [-0.1, -0.05) is 6.92 Å². The molecule has 2 rings (SSSR count). The van der Waals surface area contributed by atoms with Gasteiger partial charge in [0, 0.05) is 24.6 Å². The summed E-state index contributed by atoms with van der Waals surface area (Å²) in [7, 11) is 0. The van der Waals surface area contributed by atoms with Gasteiger partial charge in [-0.2, -0.15) is 4.37 Å². The first-order valence-electron chi connectivity index (χ1n) is 5.73. The van der Waals surface area contributed by atoms with Crippen molar-refractivity contribution in [3.8, 4) is 0 Å². The van der Waals surface area contributed by atoms with E-state index in [1.54, 1.807) is 6.33 Å². The van der Waals surface area contributed by atoms with E-state index < -0.39 is 0 Å². The lowest BCUT2D eigenvalue weighted by Crippen LogP contribution is -2.50. The lowest BCUT2D eigenvalue weighted by Gasteiger charge is -2.35. The molecule has 1 aromatic rings. The Morgan fingerprint density at radius 2 is 2.62 bits per heavy atom. The van der Waals surface area contributed by atoms with Gasteiger partial charge in [-0.05, 0) is 13.0 Å². The van der Waals surface area contributed by atoms with Gasteiger partial charge in [0.2, 0.25) is 5.13 Å². The molecule has 0 spiro atoms. The quantitative estimate of drug-likeness (QED) is 0.772. The highest BCUT2D eigenvalue weighted by Gasteiger charge is 2.24. The first-order chi connectivity index (χ1) is 7.92. The fraction of sp³-hybridized carbons (Fsp3) is 0.800. The second kappa shape index (κ2) is 6.12. The van der Waals surface area contributed by atoms with Crippen LogP contribution in [0, 0.1) is 0 Å². The molecule has 1 atom stereocenters. The Bertz CT molecular complexity index is 293. The molecule has 1 aliphatic rings. The summed E-state index contributed by atoms with van der Waals surface area (Å²) in [5, 5.41) is 4.44. The number of nitrogens with zero attached hydrogens (tertiary/aromatic N) is 3. The Balaban J connectivity index is 1.92. The third kappa shape index (κ3) is 2.90. The Kier molecular flexibility index (Phi) is 4.50. The van der Waals surface area contributed by atoms with Crippen LogP contribution in [0.15, 0.2) is 6.33 Å². The highest BCUT2D eigenvalue weighted by Crippen LogP contribution is 2.19. The first kappa shape index (κ1) is 11.8. The molecule has 16 heavy (non-hydrogen) atoms. The third-order valence-corrected chi connectivity index (χ3v) is 3.33. The largest absolute Gasteiger partial charge is 0.377 e. The predicted octanol–water partition coefficient (Wildman–Crippen LogP) is 0.743. The standard InChI is InChI=1S/C10H18N4OS/c1-2-3-11-6-9-7-15-5-4-14(9)10-12-8-13-16-10/h8-9,11H,2-7H2,1H3. The monoisotopic (exact) mass is 242 g/mol. The van der Waals surface area contributed by atoms with Crippen LogP contribution in [-0.4, -0.2) is 48.2 Å². The minimum atomic E-state index is 0.383. The van der Waals surface area contributed by atoms with Crippen molar-refractivity contribution in [3.05, 3.63) is 6.33 Å². The Morgan fingerprint density at radius 1 is 1.69 bits per heavy atom. The molecule has 1 aliphatic heterocycles. The van der Waals surface area contributed by atoms with Crippen LogP contribution >= 0.6 is 11.5 Å². The summed E-state index contributed by atoms with van der Waals surface area (Å²) in [6.07, 6.45) is 2.78. The fourth-order valence-corrected chi connectivity index (χ4v) is 2.44. The van der Waals surface area contributed by atoms with Gasteiger partial charge < -0.3 is 15.0 Å². The highest BCUT2D eigenvalue weighted by molar-refractivity contribution is 7.09. The summed E-state index contributed by atoms with van der Waals surface area (Å²) < 4.78 is 9.57. The molecular formula is C10H18N4OS. The van der Waals surface area contributed by atoms with E-state index in [0.717, 1.165) is 44.4 Å². The fourth-order valence-electron chi connectivity index (χ4n) is 1.82. The van der Waals surface area contributed by atoms with Crippen molar-refractivity contribution in [3.63, 3.8) is 0 Å². The summed E-state index contributed by atoms with van der Waals surface area (Å²) in [5.41, 5.74) is 0. The van der Waals surface area contributed by atoms with Gasteiger partial charge in [0.05, 0.1) is 19.3 Å². The van der Waals surface area contributed by atoms with E-state index in [4.69, 9.17) is 4.74 Å². The van der Waals surface area contributed by atoms with Crippen LogP contribution in [0.3, 0.4) is 0 Å². The van der Waals surface area contributed by atoms with Crippen LogP contribution in [0.25, 0.3) is 0 Å². The maximum Gasteiger partial charge on any atom is 0.205 e.